The molecule has 2 aliphatic rings. The van der Waals surface area contributed by atoms with E-state index in [0.29, 0.717) is 12.5 Å². The van der Waals surface area contributed by atoms with Crippen LogP contribution in [-0.4, -0.2) is 19.0 Å². The Hall–Kier alpha value is -1.35. The summed E-state index contributed by atoms with van der Waals surface area (Å²) in [5, 5.41) is 3.65. The molecule has 1 atom stereocenters. The SMILES string of the molecule is CC1CC(NC2CC(=O)N(C)c3ccccc32)C1. The van der Waals surface area contributed by atoms with E-state index in [1.54, 1.807) is 4.90 Å². The van der Waals surface area contributed by atoms with E-state index in [2.05, 4.69) is 24.4 Å². The number of fused-ring (bicyclic) bond motifs is 1. The van der Waals surface area contributed by atoms with Crippen molar-refractivity contribution in [3.63, 3.8) is 0 Å². The Morgan fingerprint density at radius 1 is 1.28 bits per heavy atom. The normalized spacial score (nSPS) is 30.9. The number of para-hydroxylation sites is 1. The van der Waals surface area contributed by atoms with Crippen LogP contribution in [0.5, 0.6) is 0 Å². The lowest BCUT2D eigenvalue weighted by atomic mass is 9.80. The van der Waals surface area contributed by atoms with Gasteiger partial charge in [0.1, 0.15) is 0 Å². The number of carbonyl (C=O) groups excluding carboxylic acids is 1. The summed E-state index contributed by atoms with van der Waals surface area (Å²) >= 11 is 0. The second-order valence-electron chi connectivity index (χ2n) is 5.71. The molecule has 0 aromatic heterocycles. The molecule has 1 saturated carbocycles. The molecule has 1 fully saturated rings. The summed E-state index contributed by atoms with van der Waals surface area (Å²) in [6.45, 7) is 2.28. The number of carbonyl (C=O) groups is 1. The van der Waals surface area contributed by atoms with Crippen LogP contribution >= 0.6 is 0 Å². The monoisotopic (exact) mass is 244 g/mol. The summed E-state index contributed by atoms with van der Waals surface area (Å²) in [6.07, 6.45) is 3.06. The number of rotatable bonds is 2. The molecule has 96 valence electrons. The van der Waals surface area contributed by atoms with Crippen molar-refractivity contribution in [3.05, 3.63) is 29.8 Å². The molecule has 1 heterocycles. The number of amides is 1. The van der Waals surface area contributed by atoms with Crippen molar-refractivity contribution in [1.82, 2.24) is 5.32 Å². The maximum atomic E-state index is 12.0. The van der Waals surface area contributed by atoms with Gasteiger partial charge < -0.3 is 10.2 Å². The molecule has 1 amide bonds. The van der Waals surface area contributed by atoms with E-state index in [1.165, 1.54) is 18.4 Å². The second-order valence-corrected chi connectivity index (χ2v) is 5.71. The Kier molecular flexibility index (Phi) is 2.86. The zero-order valence-electron chi connectivity index (χ0n) is 11.0. The van der Waals surface area contributed by atoms with Gasteiger partial charge in [0.2, 0.25) is 5.91 Å². The third-order valence-corrected chi connectivity index (χ3v) is 4.24. The maximum absolute atomic E-state index is 12.0. The second kappa shape index (κ2) is 4.39. The smallest absolute Gasteiger partial charge is 0.228 e. The van der Waals surface area contributed by atoms with E-state index >= 15 is 0 Å². The number of hydrogen-bond acceptors (Lipinski definition) is 2. The predicted octanol–water partition coefficient (Wildman–Crippen LogP) is 2.48. The van der Waals surface area contributed by atoms with E-state index in [1.807, 2.05) is 19.2 Å². The summed E-state index contributed by atoms with van der Waals surface area (Å²) in [7, 11) is 1.86. The minimum atomic E-state index is 0.197. The Morgan fingerprint density at radius 3 is 2.72 bits per heavy atom. The highest BCUT2D eigenvalue weighted by molar-refractivity contribution is 5.96. The van der Waals surface area contributed by atoms with Gasteiger partial charge in [-0.15, -0.1) is 0 Å². The first kappa shape index (κ1) is 11.7. The lowest BCUT2D eigenvalue weighted by Crippen LogP contribution is -2.45. The Morgan fingerprint density at radius 2 is 2.00 bits per heavy atom. The van der Waals surface area contributed by atoms with Crippen LogP contribution in [0.2, 0.25) is 0 Å². The molecule has 3 nitrogen and oxygen atoms in total. The van der Waals surface area contributed by atoms with Crippen LogP contribution in [0, 0.1) is 5.92 Å². The summed E-state index contributed by atoms with van der Waals surface area (Å²) in [4.78, 5) is 13.8. The van der Waals surface area contributed by atoms with Gasteiger partial charge in [0.25, 0.3) is 0 Å². The van der Waals surface area contributed by atoms with Crippen molar-refractivity contribution < 1.29 is 4.79 Å². The zero-order valence-corrected chi connectivity index (χ0v) is 11.0. The highest BCUT2D eigenvalue weighted by Crippen LogP contribution is 2.36. The van der Waals surface area contributed by atoms with E-state index in [-0.39, 0.29) is 11.9 Å². The van der Waals surface area contributed by atoms with Crippen LogP contribution in [0.25, 0.3) is 0 Å². The molecule has 1 aliphatic heterocycles. The van der Waals surface area contributed by atoms with Gasteiger partial charge >= 0.3 is 0 Å². The molecule has 1 aromatic carbocycles. The molecular weight excluding hydrogens is 224 g/mol. The molecule has 1 N–H and O–H groups in total. The third-order valence-electron chi connectivity index (χ3n) is 4.24. The third kappa shape index (κ3) is 1.93. The lowest BCUT2D eigenvalue weighted by molar-refractivity contribution is -0.119. The maximum Gasteiger partial charge on any atom is 0.228 e. The van der Waals surface area contributed by atoms with Crippen LogP contribution in [0.15, 0.2) is 24.3 Å². The Bertz CT molecular complexity index is 465. The molecule has 1 unspecified atom stereocenters. The molecule has 0 radical (unpaired) electrons. The van der Waals surface area contributed by atoms with Crippen molar-refractivity contribution in [2.24, 2.45) is 5.92 Å². The van der Waals surface area contributed by atoms with E-state index < -0.39 is 0 Å². The van der Waals surface area contributed by atoms with Crippen LogP contribution in [0.3, 0.4) is 0 Å². The Balaban J connectivity index is 1.82. The highest BCUT2D eigenvalue weighted by atomic mass is 16.2. The van der Waals surface area contributed by atoms with Gasteiger partial charge in [-0.2, -0.15) is 0 Å². The van der Waals surface area contributed by atoms with E-state index in [9.17, 15) is 4.79 Å². The van der Waals surface area contributed by atoms with Crippen molar-refractivity contribution in [2.75, 3.05) is 11.9 Å². The van der Waals surface area contributed by atoms with Gasteiger partial charge in [0.15, 0.2) is 0 Å². The number of hydrogen-bond donors (Lipinski definition) is 1. The van der Waals surface area contributed by atoms with Crippen LogP contribution in [-0.2, 0) is 4.79 Å². The Labute approximate surface area is 108 Å². The largest absolute Gasteiger partial charge is 0.315 e. The number of anilines is 1. The van der Waals surface area contributed by atoms with Gasteiger partial charge in [-0.25, -0.2) is 0 Å². The first-order valence-corrected chi connectivity index (χ1v) is 6.76. The van der Waals surface area contributed by atoms with E-state index in [0.717, 1.165) is 11.6 Å². The fourth-order valence-electron chi connectivity index (χ4n) is 3.12. The average molecular weight is 244 g/mol. The van der Waals surface area contributed by atoms with Gasteiger partial charge in [0.05, 0.1) is 0 Å². The number of benzene rings is 1. The molecular formula is C15H20N2O. The molecule has 0 spiro atoms. The van der Waals surface area contributed by atoms with Crippen LogP contribution < -0.4 is 10.2 Å². The fourth-order valence-corrected chi connectivity index (χ4v) is 3.12. The van der Waals surface area contributed by atoms with Gasteiger partial charge in [0, 0.05) is 31.2 Å². The van der Waals surface area contributed by atoms with Crippen LogP contribution in [0.1, 0.15) is 37.8 Å². The van der Waals surface area contributed by atoms with Crippen molar-refractivity contribution >= 4 is 11.6 Å². The minimum absolute atomic E-state index is 0.197. The lowest BCUT2D eigenvalue weighted by Gasteiger charge is -2.39. The molecule has 18 heavy (non-hydrogen) atoms. The average Bonchev–Trinajstić information content (AvgIpc) is 2.33. The van der Waals surface area contributed by atoms with Crippen molar-refractivity contribution in [3.8, 4) is 0 Å². The predicted molar refractivity (Wildman–Crippen MR) is 72.5 cm³/mol. The summed E-state index contributed by atoms with van der Waals surface area (Å²) in [5.41, 5.74) is 2.32. The number of nitrogens with one attached hydrogen (secondary N) is 1. The zero-order chi connectivity index (χ0) is 12.7. The quantitative estimate of drug-likeness (QED) is 0.867. The van der Waals surface area contributed by atoms with Crippen molar-refractivity contribution in [1.29, 1.82) is 0 Å². The standard InChI is InChI=1S/C15H20N2O/c1-10-7-11(8-10)16-13-9-15(18)17(2)14-6-4-3-5-12(13)14/h3-6,10-11,13,16H,7-9H2,1-2H3. The molecule has 3 rings (SSSR count). The fraction of sp³-hybridized carbons (Fsp3) is 0.533. The van der Waals surface area contributed by atoms with Gasteiger partial charge in [-0.05, 0) is 30.4 Å². The topological polar surface area (TPSA) is 32.3 Å². The summed E-state index contributed by atoms with van der Waals surface area (Å²) in [5.74, 6) is 1.04. The van der Waals surface area contributed by atoms with Crippen molar-refractivity contribution in [2.45, 2.75) is 38.3 Å². The first-order chi connectivity index (χ1) is 8.65. The summed E-state index contributed by atoms with van der Waals surface area (Å²) < 4.78 is 0. The van der Waals surface area contributed by atoms with Crippen LogP contribution in [0.4, 0.5) is 5.69 Å². The van der Waals surface area contributed by atoms with Gasteiger partial charge in [-0.1, -0.05) is 25.1 Å². The molecule has 1 aliphatic carbocycles. The van der Waals surface area contributed by atoms with E-state index in [4.69, 9.17) is 0 Å². The first-order valence-electron chi connectivity index (χ1n) is 6.76. The molecule has 3 heteroatoms. The van der Waals surface area contributed by atoms with Gasteiger partial charge in [-0.3, -0.25) is 4.79 Å². The number of nitrogens with zero attached hydrogens (tertiary/aromatic N) is 1. The molecule has 1 aromatic rings. The molecule has 0 bridgehead atoms. The molecule has 0 saturated heterocycles. The highest BCUT2D eigenvalue weighted by Gasteiger charge is 2.33. The minimum Gasteiger partial charge on any atom is -0.315 e. The summed E-state index contributed by atoms with van der Waals surface area (Å²) in [6, 6.07) is 9.01.